The fourth-order valence-corrected chi connectivity index (χ4v) is 3.64. The summed E-state index contributed by atoms with van der Waals surface area (Å²) in [7, 11) is 1.63. The second-order valence-corrected chi connectivity index (χ2v) is 7.54. The van der Waals surface area contributed by atoms with Crippen molar-refractivity contribution in [1.82, 2.24) is 20.1 Å². The van der Waals surface area contributed by atoms with E-state index in [0.29, 0.717) is 12.5 Å². The lowest BCUT2D eigenvalue weighted by atomic mass is 10.2. The number of methoxy groups -OCH3 is 1. The Hall–Kier alpha value is -3.00. The van der Waals surface area contributed by atoms with Gasteiger partial charge in [0, 0.05) is 22.9 Å². The molecule has 1 saturated carbocycles. The van der Waals surface area contributed by atoms with Gasteiger partial charge in [-0.05, 0) is 43.2 Å². The van der Waals surface area contributed by atoms with E-state index in [1.54, 1.807) is 13.2 Å². The first-order chi connectivity index (χ1) is 13.6. The van der Waals surface area contributed by atoms with E-state index in [-0.39, 0.29) is 18.0 Å². The van der Waals surface area contributed by atoms with E-state index < -0.39 is 0 Å². The first-order valence-corrected chi connectivity index (χ1v) is 9.94. The SMILES string of the molecule is COc1ccc(-c2nc(CNC(=O)Cn3nc(C4CC4)ccc3=O)cs2)cc1. The van der Waals surface area contributed by atoms with Crippen molar-refractivity contribution in [3.8, 4) is 16.3 Å². The van der Waals surface area contributed by atoms with Gasteiger partial charge < -0.3 is 10.1 Å². The average Bonchev–Trinajstić information content (AvgIpc) is 3.46. The summed E-state index contributed by atoms with van der Waals surface area (Å²) in [6.45, 7) is 0.220. The number of hydrogen-bond acceptors (Lipinski definition) is 6. The third kappa shape index (κ3) is 4.28. The molecule has 1 aliphatic carbocycles. The number of thiazole rings is 1. The van der Waals surface area contributed by atoms with Crippen LogP contribution in [0.2, 0.25) is 0 Å². The first-order valence-electron chi connectivity index (χ1n) is 9.06. The summed E-state index contributed by atoms with van der Waals surface area (Å²) >= 11 is 1.52. The van der Waals surface area contributed by atoms with Crippen molar-refractivity contribution in [1.29, 1.82) is 0 Å². The summed E-state index contributed by atoms with van der Waals surface area (Å²) < 4.78 is 6.39. The molecule has 0 atom stereocenters. The van der Waals surface area contributed by atoms with Gasteiger partial charge in [-0.1, -0.05) is 0 Å². The molecule has 3 aromatic rings. The Kier molecular flexibility index (Phi) is 5.21. The normalized spacial score (nSPS) is 13.3. The number of carbonyl (C=O) groups excluding carboxylic acids is 1. The van der Waals surface area contributed by atoms with Crippen LogP contribution in [0.5, 0.6) is 5.75 Å². The molecule has 1 aromatic carbocycles. The van der Waals surface area contributed by atoms with E-state index in [9.17, 15) is 9.59 Å². The lowest BCUT2D eigenvalue weighted by Gasteiger charge is -2.07. The van der Waals surface area contributed by atoms with Gasteiger partial charge in [0.25, 0.3) is 5.56 Å². The molecule has 0 bridgehead atoms. The Labute approximate surface area is 166 Å². The Morgan fingerprint density at radius 2 is 2.04 bits per heavy atom. The van der Waals surface area contributed by atoms with Crippen molar-refractivity contribution in [2.75, 3.05) is 7.11 Å². The molecule has 0 spiro atoms. The van der Waals surface area contributed by atoms with Gasteiger partial charge in [-0.3, -0.25) is 9.59 Å². The van der Waals surface area contributed by atoms with Crippen LogP contribution < -0.4 is 15.6 Å². The third-order valence-electron chi connectivity index (χ3n) is 4.53. The van der Waals surface area contributed by atoms with Crippen LogP contribution in [0.15, 0.2) is 46.6 Å². The minimum absolute atomic E-state index is 0.0884. The van der Waals surface area contributed by atoms with Gasteiger partial charge in [-0.2, -0.15) is 5.10 Å². The Balaban J connectivity index is 1.35. The molecule has 8 heteroatoms. The van der Waals surface area contributed by atoms with Crippen LogP contribution in [0.1, 0.15) is 30.1 Å². The zero-order valence-electron chi connectivity index (χ0n) is 15.4. The van der Waals surface area contributed by atoms with E-state index in [1.165, 1.54) is 22.1 Å². The van der Waals surface area contributed by atoms with Gasteiger partial charge in [0.15, 0.2) is 0 Å². The number of rotatable bonds is 7. The summed E-state index contributed by atoms with van der Waals surface area (Å²) in [4.78, 5) is 28.7. The number of nitrogens with one attached hydrogen (secondary N) is 1. The second-order valence-electron chi connectivity index (χ2n) is 6.68. The highest BCUT2D eigenvalue weighted by atomic mass is 32.1. The molecular formula is C20H20N4O3S. The number of carbonyl (C=O) groups is 1. The summed E-state index contributed by atoms with van der Waals surface area (Å²) in [5.74, 6) is 0.963. The van der Waals surface area contributed by atoms with Crippen molar-refractivity contribution >= 4 is 17.2 Å². The monoisotopic (exact) mass is 396 g/mol. The summed E-state index contributed by atoms with van der Waals surface area (Å²) in [6.07, 6.45) is 2.19. The average molecular weight is 396 g/mol. The molecule has 0 radical (unpaired) electrons. The Bertz CT molecular complexity index is 1040. The Morgan fingerprint density at radius 1 is 1.25 bits per heavy atom. The molecule has 1 aliphatic rings. The van der Waals surface area contributed by atoms with Gasteiger partial charge in [0.05, 0.1) is 25.0 Å². The van der Waals surface area contributed by atoms with Gasteiger partial charge >= 0.3 is 0 Å². The topological polar surface area (TPSA) is 86.1 Å². The maximum absolute atomic E-state index is 12.2. The zero-order valence-corrected chi connectivity index (χ0v) is 16.2. The van der Waals surface area contributed by atoms with E-state index in [0.717, 1.165) is 40.6 Å². The predicted octanol–water partition coefficient (Wildman–Crippen LogP) is 2.57. The van der Waals surface area contributed by atoms with Crippen molar-refractivity contribution in [2.24, 2.45) is 0 Å². The maximum Gasteiger partial charge on any atom is 0.267 e. The first kappa shape index (κ1) is 18.4. The minimum Gasteiger partial charge on any atom is -0.497 e. The van der Waals surface area contributed by atoms with Crippen LogP contribution in [0.3, 0.4) is 0 Å². The van der Waals surface area contributed by atoms with Gasteiger partial charge in [0.2, 0.25) is 5.91 Å². The van der Waals surface area contributed by atoms with Crippen LogP contribution in [-0.2, 0) is 17.9 Å². The fourth-order valence-electron chi connectivity index (χ4n) is 2.81. The molecular weight excluding hydrogens is 376 g/mol. The predicted molar refractivity (Wildman–Crippen MR) is 106 cm³/mol. The largest absolute Gasteiger partial charge is 0.497 e. The third-order valence-corrected chi connectivity index (χ3v) is 5.47. The molecule has 1 N–H and O–H groups in total. The molecule has 28 heavy (non-hydrogen) atoms. The van der Waals surface area contributed by atoms with Crippen molar-refractivity contribution in [3.63, 3.8) is 0 Å². The maximum atomic E-state index is 12.2. The summed E-state index contributed by atoms with van der Waals surface area (Å²) in [6, 6.07) is 10.9. The zero-order chi connectivity index (χ0) is 19.5. The molecule has 2 heterocycles. The number of benzene rings is 1. The van der Waals surface area contributed by atoms with E-state index >= 15 is 0 Å². The molecule has 0 unspecified atom stereocenters. The quantitative estimate of drug-likeness (QED) is 0.663. The molecule has 7 nitrogen and oxygen atoms in total. The highest BCUT2D eigenvalue weighted by Crippen LogP contribution is 2.38. The molecule has 2 aromatic heterocycles. The smallest absolute Gasteiger partial charge is 0.267 e. The molecule has 1 fully saturated rings. The Morgan fingerprint density at radius 3 is 2.75 bits per heavy atom. The number of hydrogen-bond donors (Lipinski definition) is 1. The van der Waals surface area contributed by atoms with Gasteiger partial charge in [-0.15, -0.1) is 11.3 Å². The van der Waals surface area contributed by atoms with Crippen LogP contribution >= 0.6 is 11.3 Å². The summed E-state index contributed by atoms with van der Waals surface area (Å²) in [5.41, 5.74) is 2.39. The van der Waals surface area contributed by atoms with Crippen LogP contribution in [0, 0.1) is 0 Å². The van der Waals surface area contributed by atoms with Crippen LogP contribution in [-0.4, -0.2) is 27.8 Å². The number of ether oxygens (including phenoxy) is 1. The second kappa shape index (κ2) is 7.93. The van der Waals surface area contributed by atoms with Crippen LogP contribution in [0.25, 0.3) is 10.6 Å². The van der Waals surface area contributed by atoms with Gasteiger partial charge in [0.1, 0.15) is 17.3 Å². The molecule has 1 amide bonds. The standard InChI is InChI=1S/C20H20N4O3S/c1-27-16-6-4-14(5-7-16)20-22-15(12-28-20)10-21-18(25)11-24-19(26)9-8-17(23-24)13-2-3-13/h4-9,12-13H,2-3,10-11H2,1H3,(H,21,25). The number of amides is 1. The number of aromatic nitrogens is 3. The van der Waals surface area contributed by atoms with E-state index in [4.69, 9.17) is 4.74 Å². The molecule has 4 rings (SSSR count). The summed E-state index contributed by atoms with van der Waals surface area (Å²) in [5, 5.41) is 9.91. The van der Waals surface area contributed by atoms with Crippen molar-refractivity contribution < 1.29 is 9.53 Å². The highest BCUT2D eigenvalue weighted by molar-refractivity contribution is 7.13. The molecule has 0 aliphatic heterocycles. The van der Waals surface area contributed by atoms with Gasteiger partial charge in [-0.25, -0.2) is 9.67 Å². The lowest BCUT2D eigenvalue weighted by molar-refractivity contribution is -0.122. The fraction of sp³-hybridized carbons (Fsp3) is 0.300. The lowest BCUT2D eigenvalue weighted by Crippen LogP contribution is -2.33. The van der Waals surface area contributed by atoms with E-state index in [1.807, 2.05) is 29.6 Å². The highest BCUT2D eigenvalue weighted by Gasteiger charge is 2.25. The van der Waals surface area contributed by atoms with Crippen molar-refractivity contribution in [2.45, 2.75) is 31.8 Å². The van der Waals surface area contributed by atoms with E-state index in [2.05, 4.69) is 15.4 Å². The minimum atomic E-state index is -0.269. The molecule has 144 valence electrons. The van der Waals surface area contributed by atoms with Crippen molar-refractivity contribution in [3.05, 3.63) is 63.5 Å². The number of nitrogens with zero attached hydrogens (tertiary/aromatic N) is 3. The molecule has 0 saturated heterocycles. The van der Waals surface area contributed by atoms with Crippen LogP contribution in [0.4, 0.5) is 0 Å².